The van der Waals surface area contributed by atoms with Gasteiger partial charge in [-0.15, -0.1) is 10.2 Å². The molecule has 3 aromatic carbocycles. The van der Waals surface area contributed by atoms with Gasteiger partial charge in [0, 0.05) is 12.6 Å². The minimum Gasteiger partial charge on any atom is -0.324 e. The van der Waals surface area contributed by atoms with Crippen LogP contribution in [0.4, 0.5) is 15.8 Å². The third-order valence-electron chi connectivity index (χ3n) is 5.58. The normalized spacial score (nSPS) is 13.2. The highest BCUT2D eigenvalue weighted by atomic mass is 19.1. The lowest BCUT2D eigenvalue weighted by Crippen LogP contribution is -2.15. The van der Waals surface area contributed by atoms with E-state index in [0.717, 1.165) is 33.9 Å². The van der Waals surface area contributed by atoms with Crippen LogP contribution in [-0.2, 0) is 11.8 Å². The Kier molecular flexibility index (Phi) is 4.86. The first-order valence-corrected chi connectivity index (χ1v) is 10.2. The number of hydrogen-bond donors (Lipinski definition) is 1. The molecule has 0 fully saturated rings. The molecule has 32 heavy (non-hydrogen) atoms. The molecule has 0 aliphatic carbocycles. The number of aryl methyl sites for hydroxylation is 1. The van der Waals surface area contributed by atoms with Crippen molar-refractivity contribution >= 4 is 23.0 Å². The van der Waals surface area contributed by atoms with Crippen molar-refractivity contribution in [2.75, 3.05) is 5.32 Å². The molecule has 1 aliphatic heterocycles. The zero-order valence-corrected chi connectivity index (χ0v) is 17.6. The Balaban J connectivity index is 1.54. The second-order valence-electron chi connectivity index (χ2n) is 7.73. The highest BCUT2D eigenvalue weighted by Crippen LogP contribution is 2.34. The molecule has 7 heteroatoms. The summed E-state index contributed by atoms with van der Waals surface area (Å²) in [5, 5.41) is 11.3. The van der Waals surface area contributed by atoms with Crippen molar-refractivity contribution in [2.24, 2.45) is 12.0 Å². The first-order valence-electron chi connectivity index (χ1n) is 10.2. The standard InChI is InChI=1S/C25H20FN5O/c1-15-29-30-25(31(15)2)19-5-3-4-18(12-19)22-14-24(32)28-23-13-17(8-11-21(23)27-22)16-6-9-20(26)10-7-16/h3-13H,14H2,1-2H3,(H,28,32). The van der Waals surface area contributed by atoms with Gasteiger partial charge in [-0.05, 0) is 53.9 Å². The third-order valence-corrected chi connectivity index (χ3v) is 5.58. The Morgan fingerprint density at radius 1 is 0.906 bits per heavy atom. The summed E-state index contributed by atoms with van der Waals surface area (Å²) in [6.45, 7) is 1.90. The number of halogens is 1. The Labute approximate surface area is 184 Å². The van der Waals surface area contributed by atoms with Crippen LogP contribution in [0.25, 0.3) is 22.5 Å². The van der Waals surface area contributed by atoms with Crippen LogP contribution in [0.5, 0.6) is 0 Å². The molecule has 2 heterocycles. The van der Waals surface area contributed by atoms with Crippen LogP contribution in [0, 0.1) is 12.7 Å². The molecule has 0 saturated carbocycles. The van der Waals surface area contributed by atoms with Crippen LogP contribution in [0.2, 0.25) is 0 Å². The fourth-order valence-electron chi connectivity index (χ4n) is 3.75. The fourth-order valence-corrected chi connectivity index (χ4v) is 3.75. The summed E-state index contributed by atoms with van der Waals surface area (Å²) < 4.78 is 15.2. The van der Waals surface area contributed by atoms with Crippen molar-refractivity contribution in [1.29, 1.82) is 0 Å². The van der Waals surface area contributed by atoms with E-state index >= 15 is 0 Å². The Morgan fingerprint density at radius 2 is 1.66 bits per heavy atom. The number of carbonyl (C=O) groups excluding carboxylic acids is 1. The zero-order chi connectivity index (χ0) is 22.2. The van der Waals surface area contributed by atoms with Crippen LogP contribution >= 0.6 is 0 Å². The van der Waals surface area contributed by atoms with Crippen LogP contribution in [-0.4, -0.2) is 26.4 Å². The number of aliphatic imine (C=N–C) groups is 1. The highest BCUT2D eigenvalue weighted by molar-refractivity contribution is 6.17. The topological polar surface area (TPSA) is 72.2 Å². The molecule has 0 spiro atoms. The van der Waals surface area contributed by atoms with E-state index in [4.69, 9.17) is 4.99 Å². The molecule has 0 radical (unpaired) electrons. The van der Waals surface area contributed by atoms with Gasteiger partial charge in [0.1, 0.15) is 11.6 Å². The largest absolute Gasteiger partial charge is 0.324 e. The van der Waals surface area contributed by atoms with Crippen molar-refractivity contribution in [2.45, 2.75) is 13.3 Å². The number of fused-ring (bicyclic) bond motifs is 1. The van der Waals surface area contributed by atoms with Gasteiger partial charge < -0.3 is 9.88 Å². The summed E-state index contributed by atoms with van der Waals surface area (Å²) in [6.07, 6.45) is 0.155. The third kappa shape index (κ3) is 3.69. The molecule has 4 aromatic rings. The maximum Gasteiger partial charge on any atom is 0.230 e. The van der Waals surface area contributed by atoms with Gasteiger partial charge in [-0.3, -0.25) is 9.79 Å². The number of carbonyl (C=O) groups is 1. The van der Waals surface area contributed by atoms with Gasteiger partial charge in [-0.1, -0.05) is 36.4 Å². The molecule has 5 rings (SSSR count). The average Bonchev–Trinajstić information content (AvgIpc) is 3.03. The van der Waals surface area contributed by atoms with Crippen LogP contribution in [0.3, 0.4) is 0 Å². The number of anilines is 1. The van der Waals surface area contributed by atoms with Crippen LogP contribution in [0.1, 0.15) is 17.8 Å². The lowest BCUT2D eigenvalue weighted by Gasteiger charge is -2.08. The monoisotopic (exact) mass is 425 g/mol. The lowest BCUT2D eigenvalue weighted by molar-refractivity contribution is -0.115. The lowest BCUT2D eigenvalue weighted by atomic mass is 10.0. The average molecular weight is 425 g/mol. The summed E-state index contributed by atoms with van der Waals surface area (Å²) in [5.41, 5.74) is 5.49. The number of aromatic nitrogens is 3. The van der Waals surface area contributed by atoms with E-state index in [1.165, 1.54) is 12.1 Å². The number of rotatable bonds is 3. The van der Waals surface area contributed by atoms with Gasteiger partial charge in [0.2, 0.25) is 5.91 Å². The summed E-state index contributed by atoms with van der Waals surface area (Å²) in [7, 11) is 1.92. The predicted molar refractivity (Wildman–Crippen MR) is 122 cm³/mol. The number of nitrogens with one attached hydrogen (secondary N) is 1. The summed E-state index contributed by atoms with van der Waals surface area (Å²) in [5.74, 6) is 1.15. The molecule has 1 N–H and O–H groups in total. The summed E-state index contributed by atoms with van der Waals surface area (Å²) in [6, 6.07) is 19.7. The first kappa shape index (κ1) is 19.8. The fraction of sp³-hybridized carbons (Fsp3) is 0.120. The second-order valence-corrected chi connectivity index (χ2v) is 7.73. The SMILES string of the molecule is Cc1nnc(-c2cccc(C3=Nc4ccc(-c5ccc(F)cc5)cc4NC(=O)C3)c2)n1C. The molecule has 158 valence electrons. The minimum absolute atomic E-state index is 0.140. The molecular weight excluding hydrogens is 405 g/mol. The van der Waals surface area contributed by atoms with Crippen molar-refractivity contribution < 1.29 is 9.18 Å². The van der Waals surface area contributed by atoms with E-state index in [0.29, 0.717) is 17.1 Å². The molecule has 6 nitrogen and oxygen atoms in total. The van der Waals surface area contributed by atoms with E-state index in [1.54, 1.807) is 12.1 Å². The van der Waals surface area contributed by atoms with E-state index < -0.39 is 0 Å². The van der Waals surface area contributed by atoms with E-state index in [9.17, 15) is 9.18 Å². The first-order chi connectivity index (χ1) is 15.5. The number of nitrogens with zero attached hydrogens (tertiary/aromatic N) is 4. The zero-order valence-electron chi connectivity index (χ0n) is 17.6. The van der Waals surface area contributed by atoms with Gasteiger partial charge >= 0.3 is 0 Å². The van der Waals surface area contributed by atoms with Crippen molar-refractivity contribution in [3.63, 3.8) is 0 Å². The molecular formula is C25H20FN5O. The highest BCUT2D eigenvalue weighted by Gasteiger charge is 2.19. The van der Waals surface area contributed by atoms with E-state index in [-0.39, 0.29) is 18.1 Å². The van der Waals surface area contributed by atoms with Gasteiger partial charge in [0.25, 0.3) is 0 Å². The molecule has 0 unspecified atom stereocenters. The molecule has 1 amide bonds. The summed E-state index contributed by atoms with van der Waals surface area (Å²) in [4.78, 5) is 17.5. The van der Waals surface area contributed by atoms with E-state index in [1.807, 2.05) is 61.0 Å². The van der Waals surface area contributed by atoms with Gasteiger partial charge in [0.05, 0.1) is 23.5 Å². The number of benzene rings is 3. The van der Waals surface area contributed by atoms with Crippen molar-refractivity contribution in [3.05, 3.63) is 83.9 Å². The van der Waals surface area contributed by atoms with Crippen LogP contribution < -0.4 is 5.32 Å². The quantitative estimate of drug-likeness (QED) is 0.499. The van der Waals surface area contributed by atoms with Gasteiger partial charge in [0.15, 0.2) is 5.82 Å². The second kappa shape index (κ2) is 7.85. The summed E-state index contributed by atoms with van der Waals surface area (Å²) >= 11 is 0. The maximum absolute atomic E-state index is 13.3. The minimum atomic E-state index is -0.287. The van der Waals surface area contributed by atoms with Crippen molar-refractivity contribution in [1.82, 2.24) is 14.8 Å². The van der Waals surface area contributed by atoms with Gasteiger partial charge in [-0.25, -0.2) is 4.39 Å². The Hall–Kier alpha value is -4.13. The molecule has 0 atom stereocenters. The van der Waals surface area contributed by atoms with Gasteiger partial charge in [-0.2, -0.15) is 0 Å². The molecule has 0 bridgehead atoms. The van der Waals surface area contributed by atoms with Crippen LogP contribution in [0.15, 0.2) is 71.7 Å². The Bertz CT molecular complexity index is 1370. The molecule has 1 aromatic heterocycles. The smallest absolute Gasteiger partial charge is 0.230 e. The van der Waals surface area contributed by atoms with Crippen molar-refractivity contribution in [3.8, 4) is 22.5 Å². The number of hydrogen-bond acceptors (Lipinski definition) is 4. The predicted octanol–water partition coefficient (Wildman–Crippen LogP) is 5.06. The maximum atomic E-state index is 13.3. The molecule has 0 saturated heterocycles. The Morgan fingerprint density at radius 3 is 2.41 bits per heavy atom. The molecule has 1 aliphatic rings. The van der Waals surface area contributed by atoms with E-state index in [2.05, 4.69) is 15.5 Å². The number of amides is 1.